The van der Waals surface area contributed by atoms with Crippen molar-refractivity contribution in [2.24, 2.45) is 0 Å². The summed E-state index contributed by atoms with van der Waals surface area (Å²) in [6, 6.07) is 16.4. The van der Waals surface area contributed by atoms with E-state index in [9.17, 15) is 21.9 Å². The lowest BCUT2D eigenvalue weighted by Gasteiger charge is -2.35. The zero-order chi connectivity index (χ0) is 32.7. The number of piperazine rings is 1. The van der Waals surface area contributed by atoms with Crippen LogP contribution in [-0.4, -0.2) is 68.8 Å². The fraction of sp³-hybridized carbons (Fsp3) is 0.412. The number of fused-ring (bicyclic) bond motifs is 3. The molecular formula is C34H40FN3O6S. The highest BCUT2D eigenvalue weighted by Gasteiger charge is 2.32. The van der Waals surface area contributed by atoms with Gasteiger partial charge < -0.3 is 14.4 Å². The number of carbonyl (C=O) groups is 2. The first-order valence-electron chi connectivity index (χ1n) is 15.0. The van der Waals surface area contributed by atoms with Crippen LogP contribution in [0.3, 0.4) is 0 Å². The van der Waals surface area contributed by atoms with Gasteiger partial charge in [0, 0.05) is 38.6 Å². The van der Waals surface area contributed by atoms with E-state index in [1.165, 1.54) is 6.92 Å². The lowest BCUT2D eigenvalue weighted by molar-refractivity contribution is 0.0635. The smallest absolute Gasteiger partial charge is 0.412 e. The molecule has 240 valence electrons. The van der Waals surface area contributed by atoms with E-state index in [1.54, 1.807) is 39.5 Å². The topological polar surface area (TPSA) is 105 Å². The maximum atomic E-state index is 14.6. The third-order valence-electron chi connectivity index (χ3n) is 8.55. The van der Waals surface area contributed by atoms with Gasteiger partial charge in [-0.15, -0.1) is 3.89 Å². The summed E-state index contributed by atoms with van der Waals surface area (Å²) >= 11 is 0. The first-order chi connectivity index (χ1) is 21.2. The zero-order valence-electron chi connectivity index (χ0n) is 26.6. The summed E-state index contributed by atoms with van der Waals surface area (Å²) in [7, 11) is -5.09. The van der Waals surface area contributed by atoms with Gasteiger partial charge in [-0.1, -0.05) is 48.5 Å². The number of nitrogens with one attached hydrogen (secondary N) is 1. The molecule has 0 saturated carbocycles. The van der Waals surface area contributed by atoms with Gasteiger partial charge in [-0.3, -0.25) is 10.2 Å². The maximum Gasteiger partial charge on any atom is 0.412 e. The predicted octanol–water partition coefficient (Wildman–Crippen LogP) is 6.68. The maximum absolute atomic E-state index is 14.6. The second kappa shape index (κ2) is 12.4. The first kappa shape index (κ1) is 32.4. The molecule has 5 rings (SSSR count). The molecule has 45 heavy (non-hydrogen) atoms. The van der Waals surface area contributed by atoms with Crippen molar-refractivity contribution in [2.75, 3.05) is 38.1 Å². The van der Waals surface area contributed by atoms with Crippen LogP contribution in [0.15, 0.2) is 53.4 Å². The van der Waals surface area contributed by atoms with Crippen LogP contribution in [0.2, 0.25) is 0 Å². The van der Waals surface area contributed by atoms with Gasteiger partial charge in [0.05, 0.1) is 5.69 Å². The Balaban J connectivity index is 1.26. The highest BCUT2D eigenvalue weighted by Crippen LogP contribution is 2.44. The fourth-order valence-corrected chi connectivity index (χ4v) is 7.40. The molecule has 1 fully saturated rings. The molecule has 0 radical (unpaired) electrons. The van der Waals surface area contributed by atoms with E-state index >= 15 is 0 Å². The van der Waals surface area contributed by atoms with Gasteiger partial charge in [0.15, 0.2) is 0 Å². The van der Waals surface area contributed by atoms with Gasteiger partial charge >= 0.3 is 22.4 Å². The van der Waals surface area contributed by atoms with Crippen LogP contribution < -0.4 is 5.32 Å². The van der Waals surface area contributed by atoms with Gasteiger partial charge in [-0.2, -0.15) is 8.42 Å². The summed E-state index contributed by atoms with van der Waals surface area (Å²) in [5.74, 6) is -0.0282. The number of nitrogens with zero attached hydrogens (tertiary/aromatic N) is 2. The lowest BCUT2D eigenvalue weighted by Crippen LogP contribution is -2.48. The summed E-state index contributed by atoms with van der Waals surface area (Å²) in [6.07, 6.45) is -1.14. The van der Waals surface area contributed by atoms with Gasteiger partial charge in [0.2, 0.25) is 0 Å². The zero-order valence-corrected chi connectivity index (χ0v) is 27.4. The van der Waals surface area contributed by atoms with Crippen molar-refractivity contribution in [1.82, 2.24) is 9.80 Å². The van der Waals surface area contributed by atoms with E-state index < -0.39 is 26.8 Å². The Morgan fingerprint density at radius 3 is 1.98 bits per heavy atom. The summed E-state index contributed by atoms with van der Waals surface area (Å²) < 4.78 is 50.2. The van der Waals surface area contributed by atoms with Crippen molar-refractivity contribution in [3.05, 3.63) is 81.9 Å². The molecule has 2 aliphatic rings. The molecule has 0 spiro atoms. The molecule has 2 amide bonds. The second-order valence-corrected chi connectivity index (χ2v) is 14.0. The Morgan fingerprint density at radius 1 is 0.889 bits per heavy atom. The molecule has 1 aliphatic heterocycles. The number of rotatable bonds is 6. The van der Waals surface area contributed by atoms with Crippen molar-refractivity contribution < 1.29 is 31.4 Å². The third-order valence-corrected chi connectivity index (χ3v) is 9.65. The van der Waals surface area contributed by atoms with Crippen molar-refractivity contribution >= 4 is 28.1 Å². The Labute approximate surface area is 264 Å². The van der Waals surface area contributed by atoms with Crippen molar-refractivity contribution in [3.8, 4) is 11.1 Å². The number of carbonyl (C=O) groups excluding carboxylic acids is 2. The van der Waals surface area contributed by atoms with Crippen LogP contribution in [0.5, 0.6) is 0 Å². The second-order valence-electron chi connectivity index (χ2n) is 12.7. The number of benzene rings is 3. The number of hydrogen-bond donors (Lipinski definition) is 1. The average Bonchev–Trinajstić information content (AvgIpc) is 3.28. The molecule has 3 aromatic rings. The number of ether oxygens (including phenoxy) is 2. The number of amides is 2. The Hall–Kier alpha value is -3.96. The quantitative estimate of drug-likeness (QED) is 0.301. The number of halogens is 1. The molecule has 1 aliphatic carbocycles. The SMILES string of the molecule is Cc1c(CN2CCN(C(=O)OCC3c4ccccc4-c4ccccc43)CC2)c(C)c(S(=O)(=O)F)c(C)c1NC(=O)OC(C)(C)C. The lowest BCUT2D eigenvalue weighted by atomic mass is 9.96. The van der Waals surface area contributed by atoms with Crippen LogP contribution in [0.4, 0.5) is 19.2 Å². The number of hydrogen-bond acceptors (Lipinski definition) is 7. The van der Waals surface area contributed by atoms with E-state index in [0.717, 1.165) is 22.3 Å². The molecule has 0 aromatic heterocycles. The Morgan fingerprint density at radius 2 is 1.44 bits per heavy atom. The van der Waals surface area contributed by atoms with E-state index in [-0.39, 0.29) is 29.9 Å². The van der Waals surface area contributed by atoms with Gasteiger partial charge in [-0.05, 0) is 86.1 Å². The molecule has 0 atom stereocenters. The van der Waals surface area contributed by atoms with E-state index in [2.05, 4.69) is 34.5 Å². The van der Waals surface area contributed by atoms with Crippen LogP contribution in [0.25, 0.3) is 11.1 Å². The predicted molar refractivity (Wildman–Crippen MR) is 171 cm³/mol. The van der Waals surface area contributed by atoms with Crippen molar-refractivity contribution in [2.45, 2.75) is 64.5 Å². The van der Waals surface area contributed by atoms with Gasteiger partial charge in [0.1, 0.15) is 17.1 Å². The molecule has 3 aromatic carbocycles. The van der Waals surface area contributed by atoms with E-state index in [0.29, 0.717) is 49.4 Å². The summed E-state index contributed by atoms with van der Waals surface area (Å²) in [6.45, 7) is 12.3. The fourth-order valence-electron chi connectivity index (χ4n) is 6.44. The molecule has 1 N–H and O–H groups in total. The van der Waals surface area contributed by atoms with Crippen molar-refractivity contribution in [3.63, 3.8) is 0 Å². The van der Waals surface area contributed by atoms with Gasteiger partial charge in [-0.25, -0.2) is 9.59 Å². The highest BCUT2D eigenvalue weighted by atomic mass is 32.3. The van der Waals surface area contributed by atoms with Crippen LogP contribution >= 0.6 is 0 Å². The van der Waals surface area contributed by atoms with Crippen molar-refractivity contribution in [1.29, 1.82) is 0 Å². The summed E-state index contributed by atoms with van der Waals surface area (Å²) in [4.78, 5) is 29.0. The molecule has 0 unspecified atom stereocenters. The molecule has 9 nitrogen and oxygen atoms in total. The average molecular weight is 638 g/mol. The third kappa shape index (κ3) is 6.84. The molecule has 1 saturated heterocycles. The Bertz CT molecular complexity index is 1700. The van der Waals surface area contributed by atoms with E-state index in [4.69, 9.17) is 9.47 Å². The molecule has 11 heteroatoms. The number of anilines is 1. The first-order valence-corrected chi connectivity index (χ1v) is 16.4. The normalized spacial score (nSPS) is 15.4. The standard InChI is InChI=1S/C34H40FN3O6S/c1-21-28(22(2)31(45(35,41)42)23(3)30(21)36-32(39)44-34(4,5)6)19-37-15-17-38(18-16-37)33(40)43-20-29-26-13-9-7-11-24(26)25-12-8-10-14-27(25)29/h7-14,29H,15-20H2,1-6H3,(H,36,39). The minimum atomic E-state index is -5.09. The monoisotopic (exact) mass is 637 g/mol. The van der Waals surface area contributed by atoms with Crippen LogP contribution in [0, 0.1) is 20.8 Å². The minimum Gasteiger partial charge on any atom is -0.448 e. The van der Waals surface area contributed by atoms with Crippen LogP contribution in [-0.2, 0) is 26.2 Å². The minimum absolute atomic E-state index is 0.0282. The molecular weight excluding hydrogens is 597 g/mol. The summed E-state index contributed by atoms with van der Waals surface area (Å²) in [5.41, 5.74) is 5.68. The summed E-state index contributed by atoms with van der Waals surface area (Å²) in [5, 5.41) is 2.64. The molecule has 0 bridgehead atoms. The van der Waals surface area contributed by atoms with E-state index in [1.807, 2.05) is 24.3 Å². The van der Waals surface area contributed by atoms with Crippen LogP contribution in [0.1, 0.15) is 60.1 Å². The Kier molecular flexibility index (Phi) is 8.97. The molecule has 1 heterocycles. The largest absolute Gasteiger partial charge is 0.448 e. The van der Waals surface area contributed by atoms with Gasteiger partial charge in [0.25, 0.3) is 0 Å². The highest BCUT2D eigenvalue weighted by molar-refractivity contribution is 7.86.